The zero-order valence-electron chi connectivity index (χ0n) is 16.6. The average Bonchev–Trinajstić information content (AvgIpc) is 2.74. The summed E-state index contributed by atoms with van der Waals surface area (Å²) in [5.41, 5.74) is 1.50. The molecule has 6 nitrogen and oxygen atoms in total. The van der Waals surface area contributed by atoms with Gasteiger partial charge in [0.15, 0.2) is 0 Å². The van der Waals surface area contributed by atoms with Crippen LogP contribution in [-0.4, -0.2) is 46.7 Å². The van der Waals surface area contributed by atoms with Crippen molar-refractivity contribution in [1.82, 2.24) is 15.1 Å². The first-order chi connectivity index (χ1) is 14.4. The van der Waals surface area contributed by atoms with Crippen LogP contribution in [0.4, 0.5) is 4.39 Å². The molecule has 1 aliphatic rings. The lowest BCUT2D eigenvalue weighted by atomic mass is 10.1. The smallest absolute Gasteiger partial charge is 0.312 e. The van der Waals surface area contributed by atoms with Gasteiger partial charge in [0, 0.05) is 31.2 Å². The molecule has 0 aromatic heterocycles. The fourth-order valence-electron chi connectivity index (χ4n) is 3.44. The van der Waals surface area contributed by atoms with Gasteiger partial charge in [0.25, 0.3) is 0 Å². The van der Waals surface area contributed by atoms with E-state index in [0.29, 0.717) is 18.0 Å². The highest BCUT2D eigenvalue weighted by Gasteiger charge is 2.38. The Balaban J connectivity index is 1.62. The highest BCUT2D eigenvalue weighted by atomic mass is 35.5. The van der Waals surface area contributed by atoms with Gasteiger partial charge in [-0.3, -0.25) is 14.4 Å². The minimum absolute atomic E-state index is 0.216. The van der Waals surface area contributed by atoms with Gasteiger partial charge in [-0.1, -0.05) is 48.9 Å². The number of carbonyl (C=O) groups is 3. The molecular weight excluding hydrogens is 409 g/mol. The summed E-state index contributed by atoms with van der Waals surface area (Å²) in [5.74, 6) is -2.06. The monoisotopic (exact) mass is 431 g/mol. The first kappa shape index (κ1) is 21.8. The van der Waals surface area contributed by atoms with Crippen LogP contribution < -0.4 is 5.32 Å². The van der Waals surface area contributed by atoms with Gasteiger partial charge < -0.3 is 15.1 Å². The van der Waals surface area contributed by atoms with Crippen molar-refractivity contribution in [2.75, 3.05) is 13.1 Å². The molecule has 0 aliphatic carbocycles. The SMILES string of the molecule is CC[C@@H](C(=O)NCc1ccccc1Cl)N1CCN(Cc2ccc(F)cc2)C(=O)C1=O. The van der Waals surface area contributed by atoms with Crippen molar-refractivity contribution >= 4 is 29.3 Å². The number of hydrogen-bond acceptors (Lipinski definition) is 3. The molecule has 0 saturated carbocycles. The molecule has 1 N–H and O–H groups in total. The van der Waals surface area contributed by atoms with Gasteiger partial charge in [0.05, 0.1) is 0 Å². The summed E-state index contributed by atoms with van der Waals surface area (Å²) in [6, 6.07) is 12.2. The minimum atomic E-state index is -0.739. The van der Waals surface area contributed by atoms with Crippen LogP contribution >= 0.6 is 11.6 Å². The number of rotatable bonds is 7. The number of nitrogens with zero attached hydrogens (tertiary/aromatic N) is 2. The van der Waals surface area contributed by atoms with E-state index in [1.807, 2.05) is 12.1 Å². The normalized spacial score (nSPS) is 15.3. The van der Waals surface area contributed by atoms with Gasteiger partial charge in [-0.25, -0.2) is 4.39 Å². The van der Waals surface area contributed by atoms with Gasteiger partial charge in [-0.2, -0.15) is 0 Å². The van der Waals surface area contributed by atoms with Crippen LogP contribution in [0.2, 0.25) is 5.02 Å². The molecule has 0 spiro atoms. The van der Waals surface area contributed by atoms with Crippen LogP contribution in [0.25, 0.3) is 0 Å². The van der Waals surface area contributed by atoms with Crippen LogP contribution in [0.5, 0.6) is 0 Å². The van der Waals surface area contributed by atoms with Gasteiger partial charge in [-0.05, 0) is 35.7 Å². The van der Waals surface area contributed by atoms with Gasteiger partial charge >= 0.3 is 11.8 Å². The van der Waals surface area contributed by atoms with Crippen molar-refractivity contribution in [3.05, 3.63) is 70.5 Å². The van der Waals surface area contributed by atoms with Crippen molar-refractivity contribution in [2.24, 2.45) is 0 Å². The maximum atomic E-state index is 13.1. The lowest BCUT2D eigenvalue weighted by Crippen LogP contribution is -2.59. The van der Waals surface area contributed by atoms with Crippen LogP contribution in [-0.2, 0) is 27.5 Å². The predicted octanol–water partition coefficient (Wildman–Crippen LogP) is 2.74. The number of hydrogen-bond donors (Lipinski definition) is 1. The van der Waals surface area contributed by atoms with E-state index in [2.05, 4.69) is 5.32 Å². The maximum absolute atomic E-state index is 13.1. The summed E-state index contributed by atoms with van der Waals surface area (Å²) in [6.07, 6.45) is 0.380. The standard InChI is InChI=1S/C22H23ClFN3O3/c1-2-19(20(28)25-13-16-5-3-4-6-18(16)23)27-12-11-26(21(29)22(27)30)14-15-7-9-17(24)10-8-15/h3-10,19H,2,11-14H2,1H3,(H,25,28)/t19-/m0/s1. The molecule has 8 heteroatoms. The summed E-state index contributed by atoms with van der Waals surface area (Å²) >= 11 is 6.12. The van der Waals surface area contributed by atoms with E-state index in [1.54, 1.807) is 31.2 Å². The molecular formula is C22H23ClFN3O3. The van der Waals surface area contributed by atoms with Crippen LogP contribution in [0, 0.1) is 5.82 Å². The lowest BCUT2D eigenvalue weighted by Gasteiger charge is -2.37. The van der Waals surface area contributed by atoms with Crippen LogP contribution in [0.3, 0.4) is 0 Å². The van der Waals surface area contributed by atoms with Gasteiger partial charge in [0.2, 0.25) is 5.91 Å². The molecule has 2 aromatic rings. The molecule has 1 saturated heterocycles. The lowest BCUT2D eigenvalue weighted by molar-refractivity contribution is -0.159. The third-order valence-electron chi connectivity index (χ3n) is 5.11. The molecule has 1 aliphatic heterocycles. The Morgan fingerprint density at radius 2 is 1.80 bits per heavy atom. The van der Waals surface area contributed by atoms with Crippen molar-refractivity contribution in [3.63, 3.8) is 0 Å². The van der Waals surface area contributed by atoms with E-state index in [0.717, 1.165) is 11.1 Å². The van der Waals surface area contributed by atoms with Crippen molar-refractivity contribution in [1.29, 1.82) is 0 Å². The Hall–Kier alpha value is -2.93. The molecule has 1 fully saturated rings. The zero-order valence-corrected chi connectivity index (χ0v) is 17.4. The topological polar surface area (TPSA) is 69.7 Å². The second kappa shape index (κ2) is 9.71. The molecule has 0 unspecified atom stereocenters. The van der Waals surface area contributed by atoms with Crippen molar-refractivity contribution in [2.45, 2.75) is 32.5 Å². The first-order valence-electron chi connectivity index (χ1n) is 9.76. The van der Waals surface area contributed by atoms with Gasteiger partial charge in [0.1, 0.15) is 11.9 Å². The second-order valence-corrected chi connectivity index (χ2v) is 7.49. The molecule has 2 aromatic carbocycles. The fourth-order valence-corrected chi connectivity index (χ4v) is 3.64. The number of amides is 3. The summed E-state index contributed by atoms with van der Waals surface area (Å²) in [6.45, 7) is 2.80. The zero-order chi connectivity index (χ0) is 21.7. The molecule has 158 valence electrons. The van der Waals surface area contributed by atoms with E-state index in [1.165, 1.54) is 21.9 Å². The number of nitrogens with one attached hydrogen (secondary N) is 1. The quantitative estimate of drug-likeness (QED) is 0.685. The van der Waals surface area contributed by atoms with Crippen LogP contribution in [0.1, 0.15) is 24.5 Å². The highest BCUT2D eigenvalue weighted by molar-refractivity contribution is 6.35. The van der Waals surface area contributed by atoms with E-state index < -0.39 is 17.9 Å². The predicted molar refractivity (Wildman–Crippen MR) is 111 cm³/mol. The van der Waals surface area contributed by atoms with Gasteiger partial charge in [-0.15, -0.1) is 0 Å². The number of piperazine rings is 1. The minimum Gasteiger partial charge on any atom is -0.350 e. The van der Waals surface area contributed by atoms with E-state index >= 15 is 0 Å². The number of carbonyl (C=O) groups excluding carboxylic acids is 3. The third kappa shape index (κ3) is 4.97. The van der Waals surface area contributed by atoms with Crippen molar-refractivity contribution in [3.8, 4) is 0 Å². The summed E-state index contributed by atoms with van der Waals surface area (Å²) < 4.78 is 13.1. The Kier molecular flexibility index (Phi) is 7.05. The average molecular weight is 432 g/mol. The molecule has 0 bridgehead atoms. The highest BCUT2D eigenvalue weighted by Crippen LogP contribution is 2.17. The second-order valence-electron chi connectivity index (χ2n) is 7.08. The first-order valence-corrected chi connectivity index (χ1v) is 10.1. The molecule has 3 amide bonds. The Labute approximate surface area is 179 Å². The Bertz CT molecular complexity index is 935. The largest absolute Gasteiger partial charge is 0.350 e. The van der Waals surface area contributed by atoms with Crippen LogP contribution in [0.15, 0.2) is 48.5 Å². The Morgan fingerprint density at radius 1 is 1.10 bits per heavy atom. The molecule has 0 radical (unpaired) electrons. The number of halogens is 2. The Morgan fingerprint density at radius 3 is 2.47 bits per heavy atom. The molecule has 1 atom stereocenters. The fraction of sp³-hybridized carbons (Fsp3) is 0.318. The van der Waals surface area contributed by atoms with Crippen molar-refractivity contribution < 1.29 is 18.8 Å². The molecule has 3 rings (SSSR count). The van der Waals surface area contributed by atoms with E-state index in [4.69, 9.17) is 11.6 Å². The third-order valence-corrected chi connectivity index (χ3v) is 5.47. The van der Waals surface area contributed by atoms with E-state index in [9.17, 15) is 18.8 Å². The number of benzene rings is 2. The maximum Gasteiger partial charge on any atom is 0.312 e. The molecule has 1 heterocycles. The summed E-state index contributed by atoms with van der Waals surface area (Å²) in [4.78, 5) is 40.7. The summed E-state index contributed by atoms with van der Waals surface area (Å²) in [7, 11) is 0. The molecule has 30 heavy (non-hydrogen) atoms. The van der Waals surface area contributed by atoms with E-state index in [-0.39, 0.29) is 31.4 Å². The summed E-state index contributed by atoms with van der Waals surface area (Å²) in [5, 5.41) is 3.35.